The van der Waals surface area contributed by atoms with Gasteiger partial charge in [-0.3, -0.25) is 0 Å². The van der Waals surface area contributed by atoms with Crippen molar-refractivity contribution in [1.29, 1.82) is 0 Å². The van der Waals surface area contributed by atoms with Crippen LogP contribution in [0.2, 0.25) is 0 Å². The van der Waals surface area contributed by atoms with Gasteiger partial charge < -0.3 is 10.0 Å². The summed E-state index contributed by atoms with van der Waals surface area (Å²) in [6.45, 7) is 1.48. The lowest BCUT2D eigenvalue weighted by molar-refractivity contribution is 0.0697. The third kappa shape index (κ3) is 2.75. The fourth-order valence-electron chi connectivity index (χ4n) is 2.86. The first-order chi connectivity index (χ1) is 10.1. The van der Waals surface area contributed by atoms with Crippen LogP contribution in [0.4, 0.5) is 10.1 Å². The van der Waals surface area contributed by atoms with E-state index in [1.807, 2.05) is 17.0 Å². The van der Waals surface area contributed by atoms with Gasteiger partial charge in [0.25, 0.3) is 0 Å². The number of aromatic carboxylic acids is 1. The minimum atomic E-state index is -1.09. The summed E-state index contributed by atoms with van der Waals surface area (Å²) in [4.78, 5) is 13.4. The molecule has 0 amide bonds. The van der Waals surface area contributed by atoms with Crippen molar-refractivity contribution in [2.75, 3.05) is 18.0 Å². The van der Waals surface area contributed by atoms with Crippen molar-refractivity contribution in [2.45, 2.75) is 12.8 Å². The van der Waals surface area contributed by atoms with Gasteiger partial charge in [-0.25, -0.2) is 9.18 Å². The molecule has 108 valence electrons. The molecule has 3 nitrogen and oxygen atoms in total. The zero-order valence-corrected chi connectivity index (χ0v) is 11.6. The van der Waals surface area contributed by atoms with Crippen molar-refractivity contribution in [2.24, 2.45) is 0 Å². The van der Waals surface area contributed by atoms with Crippen LogP contribution in [0, 0.1) is 5.82 Å². The van der Waals surface area contributed by atoms with Gasteiger partial charge in [-0.05, 0) is 42.2 Å². The molecule has 2 aromatic rings. The molecule has 3 rings (SSSR count). The Morgan fingerprint density at radius 2 is 1.67 bits per heavy atom. The Hall–Kier alpha value is -2.36. The summed E-state index contributed by atoms with van der Waals surface area (Å²) in [6, 6.07) is 12.2. The van der Waals surface area contributed by atoms with E-state index in [1.165, 1.54) is 17.2 Å². The van der Waals surface area contributed by atoms with Gasteiger partial charge >= 0.3 is 5.97 Å². The lowest BCUT2D eigenvalue weighted by Gasteiger charge is -2.24. The Balaban J connectivity index is 1.91. The summed E-state index contributed by atoms with van der Waals surface area (Å²) >= 11 is 0. The molecule has 0 saturated heterocycles. The second-order valence-electron chi connectivity index (χ2n) is 5.22. The second kappa shape index (κ2) is 5.56. The molecule has 0 saturated carbocycles. The molecule has 0 atom stereocenters. The number of halogens is 1. The van der Waals surface area contributed by atoms with E-state index in [2.05, 4.69) is 12.1 Å². The van der Waals surface area contributed by atoms with Crippen LogP contribution in [0.1, 0.15) is 21.5 Å². The van der Waals surface area contributed by atoms with E-state index < -0.39 is 11.8 Å². The Morgan fingerprint density at radius 1 is 1.05 bits per heavy atom. The lowest BCUT2D eigenvalue weighted by atomic mass is 10.0. The first-order valence-electron chi connectivity index (χ1n) is 7.00. The molecule has 2 aromatic carbocycles. The van der Waals surface area contributed by atoms with E-state index in [4.69, 9.17) is 0 Å². The molecule has 1 aliphatic heterocycles. The molecule has 0 aliphatic carbocycles. The van der Waals surface area contributed by atoms with Crippen molar-refractivity contribution >= 4 is 11.7 Å². The van der Waals surface area contributed by atoms with Crippen LogP contribution in [0.5, 0.6) is 0 Å². The van der Waals surface area contributed by atoms with E-state index in [9.17, 15) is 14.3 Å². The fraction of sp³-hybridized carbons (Fsp3) is 0.235. The number of hydrogen-bond acceptors (Lipinski definition) is 2. The highest BCUT2D eigenvalue weighted by Crippen LogP contribution is 2.25. The predicted octanol–water partition coefficient (Wildman–Crippen LogP) is 3.13. The number of hydrogen-bond donors (Lipinski definition) is 1. The molecule has 0 aromatic heterocycles. The van der Waals surface area contributed by atoms with Crippen LogP contribution < -0.4 is 4.90 Å². The van der Waals surface area contributed by atoms with Crippen LogP contribution in [-0.4, -0.2) is 24.2 Å². The number of carboxylic acids is 1. The number of benzene rings is 2. The molecule has 21 heavy (non-hydrogen) atoms. The quantitative estimate of drug-likeness (QED) is 0.921. The maximum absolute atomic E-state index is 13.3. The molecule has 1 N–H and O–H groups in total. The van der Waals surface area contributed by atoms with Crippen LogP contribution in [0.15, 0.2) is 42.5 Å². The summed E-state index contributed by atoms with van der Waals surface area (Å²) in [5, 5.41) is 9.27. The molecule has 0 bridgehead atoms. The van der Waals surface area contributed by atoms with E-state index in [-0.39, 0.29) is 5.56 Å². The predicted molar refractivity (Wildman–Crippen MR) is 79.4 cm³/mol. The molecular formula is C17H16FNO2. The monoisotopic (exact) mass is 285 g/mol. The van der Waals surface area contributed by atoms with E-state index in [0.29, 0.717) is 5.69 Å². The second-order valence-corrected chi connectivity index (χ2v) is 5.22. The van der Waals surface area contributed by atoms with Gasteiger partial charge in [-0.1, -0.05) is 24.3 Å². The highest BCUT2D eigenvalue weighted by Gasteiger charge is 2.19. The highest BCUT2D eigenvalue weighted by atomic mass is 19.1. The van der Waals surface area contributed by atoms with E-state index in [0.717, 1.165) is 32.0 Å². The largest absolute Gasteiger partial charge is 0.478 e. The van der Waals surface area contributed by atoms with Gasteiger partial charge in [0.05, 0.1) is 11.3 Å². The third-order valence-corrected chi connectivity index (χ3v) is 3.95. The normalized spacial score (nSPS) is 14.4. The van der Waals surface area contributed by atoms with Crippen LogP contribution in [0.3, 0.4) is 0 Å². The molecule has 4 heteroatoms. The van der Waals surface area contributed by atoms with Crippen molar-refractivity contribution in [3.05, 3.63) is 65.0 Å². The topological polar surface area (TPSA) is 40.5 Å². The van der Waals surface area contributed by atoms with Crippen molar-refractivity contribution < 1.29 is 14.3 Å². The minimum Gasteiger partial charge on any atom is -0.478 e. The van der Waals surface area contributed by atoms with E-state index in [1.54, 1.807) is 6.07 Å². The first kappa shape index (κ1) is 13.6. The lowest BCUT2D eigenvalue weighted by Crippen LogP contribution is -2.27. The summed E-state index contributed by atoms with van der Waals surface area (Å²) < 4.78 is 13.3. The van der Waals surface area contributed by atoms with Gasteiger partial charge in [0.1, 0.15) is 5.82 Å². The summed E-state index contributed by atoms with van der Waals surface area (Å²) in [5.41, 5.74) is 3.23. The Bertz CT molecular complexity index is 657. The maximum atomic E-state index is 13.3. The van der Waals surface area contributed by atoms with Gasteiger partial charge in [0.2, 0.25) is 0 Å². The summed E-state index contributed by atoms with van der Waals surface area (Å²) in [6.07, 6.45) is 1.74. The average molecular weight is 285 g/mol. The van der Waals surface area contributed by atoms with Crippen molar-refractivity contribution in [3.8, 4) is 0 Å². The molecule has 0 spiro atoms. The SMILES string of the molecule is O=C(O)c1cc(F)ccc1N1CCc2ccccc2CC1. The number of fused-ring (bicyclic) bond motifs is 1. The molecule has 1 heterocycles. The summed E-state index contributed by atoms with van der Waals surface area (Å²) in [7, 11) is 0. The Labute approximate surface area is 122 Å². The number of rotatable bonds is 2. The van der Waals surface area contributed by atoms with Gasteiger partial charge in [-0.2, -0.15) is 0 Å². The maximum Gasteiger partial charge on any atom is 0.337 e. The molecule has 0 radical (unpaired) electrons. The van der Waals surface area contributed by atoms with Crippen LogP contribution in [0.25, 0.3) is 0 Å². The number of anilines is 1. The first-order valence-corrected chi connectivity index (χ1v) is 7.00. The number of nitrogens with zero attached hydrogens (tertiary/aromatic N) is 1. The van der Waals surface area contributed by atoms with Gasteiger partial charge in [-0.15, -0.1) is 0 Å². The van der Waals surface area contributed by atoms with Crippen LogP contribution in [-0.2, 0) is 12.8 Å². The van der Waals surface area contributed by atoms with Crippen molar-refractivity contribution in [1.82, 2.24) is 0 Å². The van der Waals surface area contributed by atoms with E-state index >= 15 is 0 Å². The minimum absolute atomic E-state index is 0.0287. The van der Waals surface area contributed by atoms with Gasteiger partial charge in [0.15, 0.2) is 0 Å². The molecule has 0 unspecified atom stereocenters. The number of carbonyl (C=O) groups is 1. The zero-order chi connectivity index (χ0) is 14.8. The average Bonchev–Trinajstić information content (AvgIpc) is 2.70. The Morgan fingerprint density at radius 3 is 2.24 bits per heavy atom. The highest BCUT2D eigenvalue weighted by molar-refractivity contribution is 5.94. The summed E-state index contributed by atoms with van der Waals surface area (Å²) in [5.74, 6) is -1.61. The van der Waals surface area contributed by atoms with Crippen LogP contribution >= 0.6 is 0 Å². The molecule has 1 aliphatic rings. The third-order valence-electron chi connectivity index (χ3n) is 3.95. The zero-order valence-electron chi connectivity index (χ0n) is 11.6. The smallest absolute Gasteiger partial charge is 0.337 e. The fourth-order valence-corrected chi connectivity index (χ4v) is 2.86. The van der Waals surface area contributed by atoms with Gasteiger partial charge in [0, 0.05) is 13.1 Å². The molecular weight excluding hydrogens is 269 g/mol. The standard InChI is InChI=1S/C17H16FNO2/c18-14-5-6-16(15(11-14)17(20)21)19-9-7-12-3-1-2-4-13(12)8-10-19/h1-6,11H,7-10H2,(H,20,21). The Kier molecular flexibility index (Phi) is 3.60. The molecule has 0 fully saturated rings. The van der Waals surface area contributed by atoms with Crippen molar-refractivity contribution in [3.63, 3.8) is 0 Å². The number of carboxylic acid groups (broad SMARTS) is 1.